The van der Waals surface area contributed by atoms with Crippen molar-refractivity contribution in [3.8, 4) is 0 Å². The summed E-state index contributed by atoms with van der Waals surface area (Å²) in [7, 11) is 0. The van der Waals surface area contributed by atoms with Crippen LogP contribution < -0.4 is 5.73 Å². The molecule has 0 unspecified atom stereocenters. The summed E-state index contributed by atoms with van der Waals surface area (Å²) in [6.45, 7) is 4.85. The highest BCUT2D eigenvalue weighted by molar-refractivity contribution is 5.92. The highest BCUT2D eigenvalue weighted by atomic mass is 16.1. The minimum absolute atomic E-state index is 0.404. The zero-order valence-corrected chi connectivity index (χ0v) is 12.1. The predicted octanol–water partition coefficient (Wildman–Crippen LogP) is 2.80. The van der Waals surface area contributed by atoms with Gasteiger partial charge in [0.2, 0.25) is 5.91 Å². The van der Waals surface area contributed by atoms with E-state index in [1.54, 1.807) is 6.07 Å². The molecule has 4 nitrogen and oxygen atoms in total. The van der Waals surface area contributed by atoms with Crippen LogP contribution in [0.3, 0.4) is 0 Å². The van der Waals surface area contributed by atoms with Crippen molar-refractivity contribution in [2.24, 2.45) is 5.73 Å². The number of primary amides is 1. The third-order valence-electron chi connectivity index (χ3n) is 3.80. The second-order valence-electron chi connectivity index (χ2n) is 5.36. The Kier molecular flexibility index (Phi) is 3.22. The first-order valence-corrected chi connectivity index (χ1v) is 6.85. The Bertz CT molecular complexity index is 833. The molecule has 106 valence electrons. The van der Waals surface area contributed by atoms with Gasteiger partial charge < -0.3 is 10.3 Å². The van der Waals surface area contributed by atoms with Crippen molar-refractivity contribution in [2.45, 2.75) is 20.4 Å². The standard InChI is InChI=1S/C17H17N3O/c1-11-6-15-16(7-12(11)2)20(10-19-15)9-13-4-3-5-14(8-13)17(18)21/h3-8,10H,9H2,1-2H3,(H2,18,21). The molecule has 1 aromatic heterocycles. The molecule has 0 aliphatic rings. The molecule has 2 aromatic carbocycles. The third-order valence-corrected chi connectivity index (χ3v) is 3.80. The van der Waals surface area contributed by atoms with Crippen LogP contribution in [0.1, 0.15) is 27.0 Å². The van der Waals surface area contributed by atoms with E-state index in [4.69, 9.17) is 5.73 Å². The van der Waals surface area contributed by atoms with Gasteiger partial charge in [-0.2, -0.15) is 0 Å². The van der Waals surface area contributed by atoms with Crippen LogP contribution >= 0.6 is 0 Å². The van der Waals surface area contributed by atoms with Crippen molar-refractivity contribution in [1.82, 2.24) is 9.55 Å². The van der Waals surface area contributed by atoms with Crippen LogP contribution in [0.2, 0.25) is 0 Å². The fourth-order valence-electron chi connectivity index (χ4n) is 2.46. The van der Waals surface area contributed by atoms with Gasteiger partial charge in [0.15, 0.2) is 0 Å². The first-order chi connectivity index (χ1) is 10.0. The van der Waals surface area contributed by atoms with Crippen LogP contribution in [0.15, 0.2) is 42.7 Å². The van der Waals surface area contributed by atoms with E-state index in [1.165, 1.54) is 11.1 Å². The van der Waals surface area contributed by atoms with Gasteiger partial charge in [-0.05, 0) is 54.8 Å². The number of amides is 1. The van der Waals surface area contributed by atoms with Crippen LogP contribution in [-0.2, 0) is 6.54 Å². The van der Waals surface area contributed by atoms with Gasteiger partial charge in [0, 0.05) is 12.1 Å². The Morgan fingerprint density at radius 2 is 1.95 bits per heavy atom. The Labute approximate surface area is 123 Å². The molecule has 21 heavy (non-hydrogen) atoms. The molecule has 0 radical (unpaired) electrons. The molecule has 0 atom stereocenters. The molecule has 3 aromatic rings. The van der Waals surface area contributed by atoms with Crippen molar-refractivity contribution in [3.63, 3.8) is 0 Å². The highest BCUT2D eigenvalue weighted by Crippen LogP contribution is 2.19. The van der Waals surface area contributed by atoms with Crippen LogP contribution in [-0.4, -0.2) is 15.5 Å². The van der Waals surface area contributed by atoms with Crippen molar-refractivity contribution >= 4 is 16.9 Å². The summed E-state index contributed by atoms with van der Waals surface area (Å²) in [5.41, 5.74) is 11.5. The van der Waals surface area contributed by atoms with E-state index in [0.717, 1.165) is 16.6 Å². The lowest BCUT2D eigenvalue weighted by atomic mass is 10.1. The quantitative estimate of drug-likeness (QED) is 0.801. The normalized spacial score (nSPS) is 11.0. The predicted molar refractivity (Wildman–Crippen MR) is 83.3 cm³/mol. The molecule has 1 amide bonds. The fraction of sp³-hybridized carbons (Fsp3) is 0.176. The van der Waals surface area contributed by atoms with Gasteiger partial charge in [-0.25, -0.2) is 4.98 Å². The second-order valence-corrected chi connectivity index (χ2v) is 5.36. The summed E-state index contributed by atoms with van der Waals surface area (Å²) in [6, 6.07) is 11.6. The largest absolute Gasteiger partial charge is 0.366 e. The molecule has 3 rings (SSSR count). The fourth-order valence-corrected chi connectivity index (χ4v) is 2.46. The topological polar surface area (TPSA) is 60.9 Å². The maximum absolute atomic E-state index is 11.3. The molecule has 4 heteroatoms. The van der Waals surface area contributed by atoms with Crippen molar-refractivity contribution < 1.29 is 4.79 Å². The van der Waals surface area contributed by atoms with Gasteiger partial charge in [0.05, 0.1) is 17.4 Å². The number of nitrogens with zero attached hydrogens (tertiary/aromatic N) is 2. The Balaban J connectivity index is 2.00. The van der Waals surface area contributed by atoms with E-state index in [1.807, 2.05) is 24.5 Å². The van der Waals surface area contributed by atoms with Gasteiger partial charge in [-0.15, -0.1) is 0 Å². The number of aromatic nitrogens is 2. The number of fused-ring (bicyclic) bond motifs is 1. The molecule has 0 bridgehead atoms. The maximum atomic E-state index is 11.3. The van der Waals surface area contributed by atoms with E-state index in [2.05, 4.69) is 35.5 Å². The van der Waals surface area contributed by atoms with E-state index < -0.39 is 5.91 Å². The smallest absolute Gasteiger partial charge is 0.248 e. The zero-order valence-electron chi connectivity index (χ0n) is 12.1. The molecule has 0 spiro atoms. The van der Waals surface area contributed by atoms with E-state index in [9.17, 15) is 4.79 Å². The summed E-state index contributed by atoms with van der Waals surface area (Å²) >= 11 is 0. The van der Waals surface area contributed by atoms with Gasteiger partial charge in [-0.3, -0.25) is 4.79 Å². The number of aryl methyl sites for hydroxylation is 2. The van der Waals surface area contributed by atoms with Crippen molar-refractivity contribution in [1.29, 1.82) is 0 Å². The average Bonchev–Trinajstić information content (AvgIpc) is 2.82. The number of benzene rings is 2. The summed E-state index contributed by atoms with van der Waals surface area (Å²) in [5.74, 6) is -0.404. The minimum Gasteiger partial charge on any atom is -0.366 e. The number of carbonyl (C=O) groups is 1. The Morgan fingerprint density at radius 3 is 2.71 bits per heavy atom. The summed E-state index contributed by atoms with van der Waals surface area (Å²) in [6.07, 6.45) is 1.83. The maximum Gasteiger partial charge on any atom is 0.248 e. The lowest BCUT2D eigenvalue weighted by Gasteiger charge is -2.07. The molecule has 0 saturated heterocycles. The monoisotopic (exact) mass is 279 g/mol. The summed E-state index contributed by atoms with van der Waals surface area (Å²) in [5, 5.41) is 0. The molecule has 2 N–H and O–H groups in total. The van der Waals surface area contributed by atoms with Crippen molar-refractivity contribution in [2.75, 3.05) is 0 Å². The number of hydrogen-bond acceptors (Lipinski definition) is 2. The van der Waals surface area contributed by atoms with Crippen LogP contribution in [0.5, 0.6) is 0 Å². The number of rotatable bonds is 3. The third kappa shape index (κ3) is 2.52. The summed E-state index contributed by atoms with van der Waals surface area (Å²) in [4.78, 5) is 15.7. The van der Waals surface area contributed by atoms with Gasteiger partial charge in [-0.1, -0.05) is 12.1 Å². The first-order valence-electron chi connectivity index (χ1n) is 6.85. The van der Waals surface area contributed by atoms with E-state index in [-0.39, 0.29) is 0 Å². The van der Waals surface area contributed by atoms with Gasteiger partial charge in [0.25, 0.3) is 0 Å². The average molecular weight is 279 g/mol. The van der Waals surface area contributed by atoms with Gasteiger partial charge in [0.1, 0.15) is 0 Å². The van der Waals surface area contributed by atoms with Crippen LogP contribution in [0.25, 0.3) is 11.0 Å². The SMILES string of the molecule is Cc1cc2ncn(Cc3cccc(C(N)=O)c3)c2cc1C. The zero-order chi connectivity index (χ0) is 15.0. The first kappa shape index (κ1) is 13.4. The molecular weight excluding hydrogens is 262 g/mol. The lowest BCUT2D eigenvalue weighted by molar-refractivity contribution is 0.1000. The van der Waals surface area contributed by atoms with Crippen molar-refractivity contribution in [3.05, 3.63) is 65.0 Å². The highest BCUT2D eigenvalue weighted by Gasteiger charge is 2.07. The Morgan fingerprint density at radius 1 is 1.19 bits per heavy atom. The minimum atomic E-state index is -0.404. The molecule has 0 fully saturated rings. The van der Waals surface area contributed by atoms with E-state index in [0.29, 0.717) is 12.1 Å². The second kappa shape index (κ2) is 5.05. The molecule has 1 heterocycles. The van der Waals surface area contributed by atoms with Crippen LogP contribution in [0, 0.1) is 13.8 Å². The summed E-state index contributed by atoms with van der Waals surface area (Å²) < 4.78 is 2.09. The Hall–Kier alpha value is -2.62. The number of nitrogens with two attached hydrogens (primary N) is 1. The molecular formula is C17H17N3O. The molecule has 0 saturated carbocycles. The molecule has 0 aliphatic heterocycles. The number of imidazole rings is 1. The molecule has 0 aliphatic carbocycles. The number of hydrogen-bond donors (Lipinski definition) is 1. The lowest BCUT2D eigenvalue weighted by Crippen LogP contribution is -2.11. The number of carbonyl (C=O) groups excluding carboxylic acids is 1. The van der Waals surface area contributed by atoms with E-state index >= 15 is 0 Å². The van der Waals surface area contributed by atoms with Gasteiger partial charge >= 0.3 is 0 Å². The van der Waals surface area contributed by atoms with Crippen LogP contribution in [0.4, 0.5) is 0 Å².